The highest BCUT2D eigenvalue weighted by Crippen LogP contribution is 2.23. The van der Waals surface area contributed by atoms with Gasteiger partial charge in [-0.1, -0.05) is 17.3 Å². The molecule has 0 radical (unpaired) electrons. The van der Waals surface area contributed by atoms with Gasteiger partial charge in [-0.15, -0.1) is 0 Å². The molecule has 0 saturated carbocycles. The minimum atomic E-state index is -0.282. The Bertz CT molecular complexity index is 1070. The number of nitrogens with one attached hydrogen (secondary N) is 1. The van der Waals surface area contributed by atoms with Crippen LogP contribution in [0.4, 0.5) is 4.39 Å². The summed E-state index contributed by atoms with van der Waals surface area (Å²) in [5.74, 6) is 1.40. The number of ether oxygens (including phenoxy) is 2. The number of morpholine rings is 1. The number of nitrogens with zero attached hydrogens (tertiary/aromatic N) is 3. The van der Waals surface area contributed by atoms with Crippen molar-refractivity contribution in [1.29, 1.82) is 0 Å². The number of rotatable bonds is 10. The zero-order valence-electron chi connectivity index (χ0n) is 19.2. The maximum Gasteiger partial charge on any atom is 0.226 e. The van der Waals surface area contributed by atoms with E-state index in [0.717, 1.165) is 30.0 Å². The summed E-state index contributed by atoms with van der Waals surface area (Å²) in [6, 6.07) is 13.8. The van der Waals surface area contributed by atoms with Crippen molar-refractivity contribution in [2.75, 3.05) is 40.0 Å². The Morgan fingerprint density at radius 1 is 1.21 bits per heavy atom. The second-order valence-corrected chi connectivity index (χ2v) is 8.12. The highest BCUT2D eigenvalue weighted by Gasteiger charge is 2.23. The normalized spacial score (nSPS) is 15.1. The van der Waals surface area contributed by atoms with E-state index in [4.69, 9.17) is 14.0 Å². The lowest BCUT2D eigenvalue weighted by Crippen LogP contribution is -2.43. The summed E-state index contributed by atoms with van der Waals surface area (Å²) in [5, 5.41) is 7.02. The highest BCUT2D eigenvalue weighted by atomic mass is 19.1. The Labute approximate surface area is 198 Å². The van der Waals surface area contributed by atoms with E-state index in [-0.39, 0.29) is 17.8 Å². The summed E-state index contributed by atoms with van der Waals surface area (Å²) in [7, 11) is 1.61. The van der Waals surface area contributed by atoms with E-state index in [1.807, 2.05) is 30.3 Å². The number of methoxy groups -OCH3 is 1. The Kier molecular flexibility index (Phi) is 8.21. The molecule has 9 heteroatoms. The fourth-order valence-corrected chi connectivity index (χ4v) is 3.97. The fourth-order valence-electron chi connectivity index (χ4n) is 3.97. The van der Waals surface area contributed by atoms with Crippen LogP contribution in [-0.2, 0) is 16.0 Å². The van der Waals surface area contributed by atoms with E-state index in [2.05, 4.69) is 20.4 Å². The van der Waals surface area contributed by atoms with Gasteiger partial charge in [-0.25, -0.2) is 4.39 Å². The van der Waals surface area contributed by atoms with Crippen molar-refractivity contribution in [2.45, 2.75) is 25.3 Å². The number of hydrogen-bond donors (Lipinski definition) is 1. The standard InChI is InChI=1S/C25H29FN4O4/c1-32-21-10-8-18(9-11-21)25-28-24(34-29-25)7-3-6-23(31)27-17-22(30-12-14-33-15-13-30)19-4-2-5-20(26)16-19/h2,4-5,8-11,16,22H,3,6-7,12-15,17H2,1H3,(H,27,31). The van der Waals surface area contributed by atoms with Crippen molar-refractivity contribution in [3.05, 3.63) is 65.8 Å². The van der Waals surface area contributed by atoms with Gasteiger partial charge in [-0.2, -0.15) is 4.98 Å². The Balaban J connectivity index is 1.27. The molecule has 3 aromatic rings. The van der Waals surface area contributed by atoms with Crippen LogP contribution in [0.2, 0.25) is 0 Å². The smallest absolute Gasteiger partial charge is 0.226 e. The first-order valence-corrected chi connectivity index (χ1v) is 11.4. The summed E-state index contributed by atoms with van der Waals surface area (Å²) in [5.41, 5.74) is 1.68. The van der Waals surface area contributed by atoms with Crippen LogP contribution in [0.1, 0.15) is 30.3 Å². The molecule has 8 nitrogen and oxygen atoms in total. The van der Waals surface area contributed by atoms with Crippen molar-refractivity contribution in [1.82, 2.24) is 20.4 Å². The molecule has 1 unspecified atom stereocenters. The van der Waals surface area contributed by atoms with E-state index in [1.54, 1.807) is 13.2 Å². The summed E-state index contributed by atoms with van der Waals surface area (Å²) >= 11 is 0. The predicted octanol–water partition coefficient (Wildman–Crippen LogP) is 3.40. The average molecular weight is 469 g/mol. The SMILES string of the molecule is COc1ccc(-c2noc(CCCC(=O)NCC(c3cccc(F)c3)N3CCOCC3)n2)cc1. The van der Waals surface area contributed by atoms with E-state index in [9.17, 15) is 9.18 Å². The maximum absolute atomic E-state index is 13.8. The number of carbonyl (C=O) groups excluding carboxylic acids is 1. The second kappa shape index (κ2) is 11.7. The summed E-state index contributed by atoms with van der Waals surface area (Å²) in [6.07, 6.45) is 1.42. The van der Waals surface area contributed by atoms with Crippen LogP contribution < -0.4 is 10.1 Å². The first kappa shape index (κ1) is 23.8. The molecule has 1 aliphatic rings. The number of benzene rings is 2. The number of halogens is 1. The number of hydrogen-bond acceptors (Lipinski definition) is 7. The van der Waals surface area contributed by atoms with Gasteiger partial charge in [0, 0.05) is 38.0 Å². The van der Waals surface area contributed by atoms with Crippen LogP contribution >= 0.6 is 0 Å². The maximum atomic E-state index is 13.8. The van der Waals surface area contributed by atoms with Gasteiger partial charge in [0.25, 0.3) is 0 Å². The monoisotopic (exact) mass is 468 g/mol. The number of carbonyl (C=O) groups is 1. The zero-order chi connectivity index (χ0) is 23.8. The van der Waals surface area contributed by atoms with Crippen molar-refractivity contribution in [2.24, 2.45) is 0 Å². The molecule has 4 rings (SSSR count). The largest absolute Gasteiger partial charge is 0.497 e. The van der Waals surface area contributed by atoms with Crippen LogP contribution in [0.15, 0.2) is 53.1 Å². The van der Waals surface area contributed by atoms with Gasteiger partial charge >= 0.3 is 0 Å². The molecule has 34 heavy (non-hydrogen) atoms. The molecule has 1 atom stereocenters. The van der Waals surface area contributed by atoms with Gasteiger partial charge in [0.1, 0.15) is 11.6 Å². The lowest BCUT2D eigenvalue weighted by atomic mass is 10.0. The molecule has 1 amide bonds. The van der Waals surface area contributed by atoms with Crippen molar-refractivity contribution < 1.29 is 23.2 Å². The molecular formula is C25H29FN4O4. The summed E-state index contributed by atoms with van der Waals surface area (Å²) in [4.78, 5) is 19.1. The molecule has 1 aliphatic heterocycles. The second-order valence-electron chi connectivity index (χ2n) is 8.12. The molecule has 1 N–H and O–H groups in total. The van der Waals surface area contributed by atoms with Gasteiger partial charge in [-0.05, 0) is 48.4 Å². The molecule has 2 aromatic carbocycles. The molecule has 0 aliphatic carbocycles. The molecule has 1 aromatic heterocycles. The average Bonchev–Trinajstić information content (AvgIpc) is 3.34. The van der Waals surface area contributed by atoms with E-state index < -0.39 is 0 Å². The molecular weight excluding hydrogens is 439 g/mol. The lowest BCUT2D eigenvalue weighted by molar-refractivity contribution is -0.121. The Morgan fingerprint density at radius 3 is 2.74 bits per heavy atom. The van der Waals surface area contributed by atoms with Crippen molar-refractivity contribution >= 4 is 5.91 Å². The van der Waals surface area contributed by atoms with Gasteiger partial charge in [0.05, 0.1) is 26.4 Å². The van der Waals surface area contributed by atoms with Crippen LogP contribution in [-0.4, -0.2) is 60.9 Å². The Hall–Kier alpha value is -3.30. The fraction of sp³-hybridized carbons (Fsp3) is 0.400. The highest BCUT2D eigenvalue weighted by molar-refractivity contribution is 5.75. The minimum absolute atomic E-state index is 0.0652. The van der Waals surface area contributed by atoms with Crippen LogP contribution in [0.5, 0.6) is 5.75 Å². The quantitative estimate of drug-likeness (QED) is 0.488. The van der Waals surface area contributed by atoms with Gasteiger partial charge in [0.2, 0.25) is 17.6 Å². The molecule has 1 saturated heterocycles. The number of amides is 1. The third-order valence-corrected chi connectivity index (χ3v) is 5.82. The third kappa shape index (κ3) is 6.39. The third-order valence-electron chi connectivity index (χ3n) is 5.82. The molecule has 1 fully saturated rings. The lowest BCUT2D eigenvalue weighted by Gasteiger charge is -2.35. The van der Waals surface area contributed by atoms with E-state index >= 15 is 0 Å². The first-order valence-electron chi connectivity index (χ1n) is 11.4. The van der Waals surface area contributed by atoms with Gasteiger partial charge < -0.3 is 19.3 Å². The molecule has 0 spiro atoms. The number of aromatic nitrogens is 2. The zero-order valence-corrected chi connectivity index (χ0v) is 19.2. The van der Waals surface area contributed by atoms with Gasteiger partial charge in [-0.3, -0.25) is 9.69 Å². The number of aryl methyl sites for hydroxylation is 1. The van der Waals surface area contributed by atoms with E-state index in [0.29, 0.717) is 50.7 Å². The van der Waals surface area contributed by atoms with Crippen LogP contribution in [0.3, 0.4) is 0 Å². The van der Waals surface area contributed by atoms with E-state index in [1.165, 1.54) is 12.1 Å². The van der Waals surface area contributed by atoms with Crippen molar-refractivity contribution in [3.63, 3.8) is 0 Å². The predicted molar refractivity (Wildman–Crippen MR) is 124 cm³/mol. The molecule has 2 heterocycles. The van der Waals surface area contributed by atoms with Gasteiger partial charge in [0.15, 0.2) is 0 Å². The molecule has 0 bridgehead atoms. The topological polar surface area (TPSA) is 89.7 Å². The summed E-state index contributed by atoms with van der Waals surface area (Å²) in [6.45, 7) is 3.14. The van der Waals surface area contributed by atoms with Crippen molar-refractivity contribution in [3.8, 4) is 17.1 Å². The Morgan fingerprint density at radius 2 is 2.00 bits per heavy atom. The van der Waals surface area contributed by atoms with Crippen LogP contribution in [0.25, 0.3) is 11.4 Å². The minimum Gasteiger partial charge on any atom is -0.497 e. The first-order chi connectivity index (χ1) is 16.6. The van der Waals surface area contributed by atoms with Crippen LogP contribution in [0, 0.1) is 5.82 Å². The molecule has 180 valence electrons. The summed E-state index contributed by atoms with van der Waals surface area (Å²) < 4.78 is 29.7.